The Morgan fingerprint density at radius 3 is 2.88 bits per heavy atom. The summed E-state index contributed by atoms with van der Waals surface area (Å²) < 4.78 is 3.38. The highest BCUT2D eigenvalue weighted by Gasteiger charge is 2.25. The molecule has 0 radical (unpaired) electrons. The number of anilines is 1. The largest absolute Gasteiger partial charge is 0.399 e. The predicted molar refractivity (Wildman–Crippen MR) is 99.7 cm³/mol. The number of hydrogen-bond donors (Lipinski definition) is 1. The van der Waals surface area contributed by atoms with Crippen molar-refractivity contribution in [3.63, 3.8) is 0 Å². The summed E-state index contributed by atoms with van der Waals surface area (Å²) in [6.45, 7) is 3.15. The fourth-order valence-corrected chi connectivity index (χ4v) is 3.75. The number of amides is 1. The molecular weight excluding hydrogens is 330 g/mol. The number of hydrogen-bond acceptors (Lipinski definition) is 4. The smallest absolute Gasteiger partial charge is 0.291 e. The molecule has 0 bridgehead atoms. The van der Waals surface area contributed by atoms with E-state index < -0.39 is 0 Å². The number of aromatic nitrogens is 3. The van der Waals surface area contributed by atoms with Gasteiger partial charge in [-0.1, -0.05) is 12.1 Å². The number of benzene rings is 1. The molecule has 0 atom stereocenters. The van der Waals surface area contributed by atoms with Gasteiger partial charge in [-0.25, -0.2) is 4.68 Å². The molecule has 2 aromatic heterocycles. The Hall–Kier alpha value is -3.09. The molecule has 1 aliphatic rings. The normalized spacial score (nSPS) is 13.8. The minimum Gasteiger partial charge on any atom is -0.399 e. The van der Waals surface area contributed by atoms with Crippen LogP contribution in [-0.2, 0) is 31.4 Å². The summed E-state index contributed by atoms with van der Waals surface area (Å²) in [5.74, 6) is 0.0538. The zero-order valence-electron chi connectivity index (χ0n) is 14.9. The van der Waals surface area contributed by atoms with E-state index in [1.165, 1.54) is 4.68 Å². The molecule has 3 aromatic rings. The fourth-order valence-electron chi connectivity index (χ4n) is 3.75. The highest BCUT2D eigenvalue weighted by Crippen LogP contribution is 2.28. The first kappa shape index (κ1) is 16.4. The third kappa shape index (κ3) is 2.56. The van der Waals surface area contributed by atoms with Crippen LogP contribution in [0.1, 0.15) is 23.7 Å². The highest BCUT2D eigenvalue weighted by molar-refractivity contribution is 5.85. The van der Waals surface area contributed by atoms with Gasteiger partial charge in [-0.15, -0.1) is 0 Å². The summed E-state index contributed by atoms with van der Waals surface area (Å²) in [5, 5.41) is 5.26. The minimum atomic E-state index is -0.129. The lowest BCUT2D eigenvalue weighted by atomic mass is 10.0. The standard InChI is InChI=1S/C19H21N5O2/c1-12(25)23-7-6-15-16-9-21-24(10-13-4-3-5-14(20)8-13)19(26)18(16)22(2)17(15)11-23/h3-5,8-9H,6-7,10-11,20H2,1-2H3. The Labute approximate surface area is 150 Å². The van der Waals surface area contributed by atoms with Crippen LogP contribution in [0.2, 0.25) is 0 Å². The van der Waals surface area contributed by atoms with Crippen molar-refractivity contribution in [3.8, 4) is 0 Å². The van der Waals surface area contributed by atoms with Gasteiger partial charge in [0.15, 0.2) is 0 Å². The van der Waals surface area contributed by atoms with Crippen LogP contribution in [0.5, 0.6) is 0 Å². The molecule has 1 aliphatic heterocycles. The molecule has 0 unspecified atom stereocenters. The maximum Gasteiger partial charge on any atom is 0.291 e. The molecule has 2 N–H and O–H groups in total. The van der Waals surface area contributed by atoms with Crippen LogP contribution in [0.25, 0.3) is 10.9 Å². The summed E-state index contributed by atoms with van der Waals surface area (Å²) in [7, 11) is 1.89. The number of aryl methyl sites for hydroxylation is 1. The maximum absolute atomic E-state index is 13.0. The van der Waals surface area contributed by atoms with Gasteiger partial charge in [0.05, 0.1) is 19.3 Å². The lowest BCUT2D eigenvalue weighted by Crippen LogP contribution is -2.34. The van der Waals surface area contributed by atoms with Gasteiger partial charge in [0.1, 0.15) is 5.52 Å². The number of carbonyl (C=O) groups excluding carboxylic acids is 1. The molecule has 0 saturated carbocycles. The second kappa shape index (κ2) is 6.01. The van der Waals surface area contributed by atoms with Crippen LogP contribution in [0, 0.1) is 0 Å². The van der Waals surface area contributed by atoms with Crippen molar-refractivity contribution in [3.05, 3.63) is 57.6 Å². The highest BCUT2D eigenvalue weighted by atomic mass is 16.2. The van der Waals surface area contributed by atoms with Gasteiger partial charge in [-0.2, -0.15) is 5.10 Å². The van der Waals surface area contributed by atoms with Crippen LogP contribution in [0.15, 0.2) is 35.3 Å². The molecule has 26 heavy (non-hydrogen) atoms. The summed E-state index contributed by atoms with van der Waals surface area (Å²) in [6, 6.07) is 7.45. The SMILES string of the molecule is CC(=O)N1CCc2c(n(C)c3c(=O)n(Cc4cccc(N)c4)ncc23)C1. The number of nitrogen functional groups attached to an aromatic ring is 1. The fraction of sp³-hybridized carbons (Fsp3) is 0.316. The molecule has 4 rings (SSSR count). The predicted octanol–water partition coefficient (Wildman–Crippen LogP) is 1.27. The lowest BCUT2D eigenvalue weighted by Gasteiger charge is -2.26. The van der Waals surface area contributed by atoms with E-state index >= 15 is 0 Å². The molecule has 0 spiro atoms. The van der Waals surface area contributed by atoms with Gasteiger partial charge in [0.25, 0.3) is 5.56 Å². The van der Waals surface area contributed by atoms with E-state index in [0.717, 1.165) is 28.6 Å². The van der Waals surface area contributed by atoms with E-state index in [-0.39, 0.29) is 11.5 Å². The van der Waals surface area contributed by atoms with Gasteiger partial charge >= 0.3 is 0 Å². The molecule has 0 aliphatic carbocycles. The molecular formula is C19H21N5O2. The monoisotopic (exact) mass is 351 g/mol. The second-order valence-electron chi connectivity index (χ2n) is 6.79. The Bertz CT molecular complexity index is 1080. The third-order valence-electron chi connectivity index (χ3n) is 5.13. The number of nitrogens with zero attached hydrogens (tertiary/aromatic N) is 4. The zero-order valence-corrected chi connectivity index (χ0v) is 14.9. The van der Waals surface area contributed by atoms with Crippen molar-refractivity contribution in [1.82, 2.24) is 19.2 Å². The first-order chi connectivity index (χ1) is 12.5. The van der Waals surface area contributed by atoms with Crippen LogP contribution in [0.3, 0.4) is 0 Å². The van der Waals surface area contributed by atoms with Gasteiger partial charge in [0.2, 0.25) is 5.91 Å². The quantitative estimate of drug-likeness (QED) is 0.705. The molecule has 0 fully saturated rings. The van der Waals surface area contributed by atoms with Gasteiger partial charge < -0.3 is 15.2 Å². The van der Waals surface area contributed by atoms with Crippen LogP contribution in [-0.4, -0.2) is 31.7 Å². The van der Waals surface area contributed by atoms with E-state index in [9.17, 15) is 9.59 Å². The third-order valence-corrected chi connectivity index (χ3v) is 5.13. The molecule has 1 amide bonds. The summed E-state index contributed by atoms with van der Waals surface area (Å²) in [4.78, 5) is 26.6. The van der Waals surface area contributed by atoms with Crippen molar-refractivity contribution in [1.29, 1.82) is 0 Å². The Kier molecular flexibility index (Phi) is 3.79. The number of carbonyl (C=O) groups is 1. The topological polar surface area (TPSA) is 86.2 Å². The van der Waals surface area contributed by atoms with Crippen LogP contribution in [0.4, 0.5) is 5.69 Å². The summed E-state index contributed by atoms with van der Waals surface area (Å²) >= 11 is 0. The molecule has 1 aromatic carbocycles. The molecule has 0 saturated heterocycles. The average Bonchev–Trinajstić information content (AvgIpc) is 2.90. The van der Waals surface area contributed by atoms with E-state index in [0.29, 0.717) is 30.8 Å². The van der Waals surface area contributed by atoms with Gasteiger partial charge in [-0.3, -0.25) is 9.59 Å². The molecule has 7 heteroatoms. The van der Waals surface area contributed by atoms with E-state index in [1.807, 2.05) is 35.9 Å². The lowest BCUT2D eigenvalue weighted by molar-refractivity contribution is -0.129. The Morgan fingerprint density at radius 2 is 2.15 bits per heavy atom. The van der Waals surface area contributed by atoms with Crippen molar-refractivity contribution in [2.75, 3.05) is 12.3 Å². The van der Waals surface area contributed by atoms with E-state index in [2.05, 4.69) is 5.10 Å². The maximum atomic E-state index is 13.0. The van der Waals surface area contributed by atoms with E-state index in [1.54, 1.807) is 18.0 Å². The first-order valence-corrected chi connectivity index (χ1v) is 8.62. The zero-order chi connectivity index (χ0) is 18.4. The number of rotatable bonds is 2. The Balaban J connectivity index is 1.80. The number of nitrogens with two attached hydrogens (primary N) is 1. The minimum absolute atomic E-state index is 0.0538. The summed E-state index contributed by atoms with van der Waals surface area (Å²) in [6.07, 6.45) is 2.51. The van der Waals surface area contributed by atoms with Crippen molar-refractivity contribution in [2.45, 2.75) is 26.4 Å². The van der Waals surface area contributed by atoms with E-state index in [4.69, 9.17) is 5.73 Å². The van der Waals surface area contributed by atoms with Crippen molar-refractivity contribution < 1.29 is 4.79 Å². The van der Waals surface area contributed by atoms with Crippen LogP contribution >= 0.6 is 0 Å². The van der Waals surface area contributed by atoms with Crippen LogP contribution < -0.4 is 11.3 Å². The molecule has 134 valence electrons. The van der Waals surface area contributed by atoms with Crippen molar-refractivity contribution >= 4 is 22.5 Å². The summed E-state index contributed by atoms with van der Waals surface area (Å²) in [5.41, 5.74) is 10.1. The first-order valence-electron chi connectivity index (χ1n) is 8.62. The second-order valence-corrected chi connectivity index (χ2v) is 6.79. The van der Waals surface area contributed by atoms with Crippen molar-refractivity contribution in [2.24, 2.45) is 7.05 Å². The van der Waals surface area contributed by atoms with Gasteiger partial charge in [-0.05, 0) is 29.7 Å². The molecule has 7 nitrogen and oxygen atoms in total. The number of fused-ring (bicyclic) bond motifs is 3. The Morgan fingerprint density at radius 1 is 1.35 bits per heavy atom. The van der Waals surface area contributed by atoms with Gasteiger partial charge in [0, 0.05) is 37.3 Å². The average molecular weight is 351 g/mol. The molecule has 3 heterocycles.